The topological polar surface area (TPSA) is 23.5 Å². The Morgan fingerprint density at radius 1 is 1.13 bits per heavy atom. The third-order valence-electron chi connectivity index (χ3n) is 4.53. The van der Waals surface area contributed by atoms with Gasteiger partial charge in [0.05, 0.1) is 5.60 Å². The van der Waals surface area contributed by atoms with Crippen LogP contribution in [0.3, 0.4) is 0 Å². The molecule has 86 valence electrons. The first-order valence-electron chi connectivity index (χ1n) is 6.62. The molecule has 0 aromatic heterocycles. The number of fused-ring (bicyclic) bond motifs is 2. The number of aliphatic hydroxyl groups is 1. The second-order valence-corrected chi connectivity index (χ2v) is 6.28. The Labute approximate surface area is 92.7 Å². The molecule has 0 unspecified atom stereocenters. The zero-order chi connectivity index (χ0) is 10.5. The summed E-state index contributed by atoms with van der Waals surface area (Å²) in [6.07, 6.45) is 8.94. The normalized spacial score (nSPS) is 46.8. The van der Waals surface area contributed by atoms with Crippen LogP contribution < -0.4 is 0 Å². The molecule has 2 bridgehead atoms. The molecule has 1 saturated carbocycles. The summed E-state index contributed by atoms with van der Waals surface area (Å²) in [6.45, 7) is 3.36. The van der Waals surface area contributed by atoms with Gasteiger partial charge in [-0.25, -0.2) is 0 Å². The van der Waals surface area contributed by atoms with E-state index in [0.29, 0.717) is 12.1 Å². The molecule has 2 heterocycles. The lowest BCUT2D eigenvalue weighted by Gasteiger charge is -2.51. The standard InChI is InChI=1S/C13H23NO/c1-13(15)7-11-3-2-4-12(8-13)14(11)9-10-5-6-10/h10-12,15H,2-9H2,1H3/t11-,12-/m1/s1. The molecule has 0 amide bonds. The smallest absolute Gasteiger partial charge is 0.0649 e. The number of piperidine rings is 2. The van der Waals surface area contributed by atoms with E-state index in [4.69, 9.17) is 0 Å². The Morgan fingerprint density at radius 3 is 2.27 bits per heavy atom. The average molecular weight is 209 g/mol. The highest BCUT2D eigenvalue weighted by Gasteiger charge is 2.44. The molecule has 2 nitrogen and oxygen atoms in total. The van der Waals surface area contributed by atoms with Gasteiger partial charge in [0, 0.05) is 18.6 Å². The van der Waals surface area contributed by atoms with Gasteiger partial charge in [0.1, 0.15) is 0 Å². The maximum absolute atomic E-state index is 10.2. The Morgan fingerprint density at radius 2 is 1.73 bits per heavy atom. The van der Waals surface area contributed by atoms with Crippen LogP contribution in [0, 0.1) is 5.92 Å². The molecule has 0 spiro atoms. The van der Waals surface area contributed by atoms with Gasteiger partial charge in [-0.15, -0.1) is 0 Å². The van der Waals surface area contributed by atoms with E-state index in [1.807, 2.05) is 6.92 Å². The van der Waals surface area contributed by atoms with Crippen LogP contribution >= 0.6 is 0 Å². The fourth-order valence-corrected chi connectivity index (χ4v) is 3.65. The number of rotatable bonds is 2. The molecule has 3 aliphatic rings. The first-order chi connectivity index (χ1) is 7.14. The van der Waals surface area contributed by atoms with Crippen LogP contribution in [0.1, 0.15) is 51.9 Å². The maximum Gasteiger partial charge on any atom is 0.0649 e. The van der Waals surface area contributed by atoms with Crippen LogP contribution in [0.15, 0.2) is 0 Å². The summed E-state index contributed by atoms with van der Waals surface area (Å²) in [5, 5.41) is 10.2. The first kappa shape index (κ1) is 10.1. The Bertz CT molecular complexity index is 231. The highest BCUT2D eigenvalue weighted by molar-refractivity contribution is 4.99. The second-order valence-electron chi connectivity index (χ2n) is 6.28. The van der Waals surface area contributed by atoms with Crippen molar-refractivity contribution in [3.63, 3.8) is 0 Å². The van der Waals surface area contributed by atoms with E-state index in [0.717, 1.165) is 18.8 Å². The molecule has 1 N–H and O–H groups in total. The molecule has 15 heavy (non-hydrogen) atoms. The van der Waals surface area contributed by atoms with Gasteiger partial charge in [-0.3, -0.25) is 4.90 Å². The van der Waals surface area contributed by atoms with Gasteiger partial charge in [-0.05, 0) is 51.4 Å². The Kier molecular flexibility index (Phi) is 2.33. The molecule has 2 atom stereocenters. The van der Waals surface area contributed by atoms with Gasteiger partial charge in [-0.1, -0.05) is 6.42 Å². The lowest BCUT2D eigenvalue weighted by molar-refractivity contribution is -0.0827. The zero-order valence-electron chi connectivity index (χ0n) is 9.78. The summed E-state index contributed by atoms with van der Waals surface area (Å²) >= 11 is 0. The van der Waals surface area contributed by atoms with Crippen LogP contribution in [-0.2, 0) is 0 Å². The predicted octanol–water partition coefficient (Wildman–Crippen LogP) is 2.16. The summed E-state index contributed by atoms with van der Waals surface area (Å²) in [7, 11) is 0. The first-order valence-corrected chi connectivity index (χ1v) is 6.62. The molecule has 3 fully saturated rings. The van der Waals surface area contributed by atoms with Gasteiger partial charge in [0.15, 0.2) is 0 Å². The molecule has 0 aromatic rings. The van der Waals surface area contributed by atoms with Crippen molar-refractivity contribution < 1.29 is 5.11 Å². The number of hydrogen-bond donors (Lipinski definition) is 1. The molecule has 2 aliphatic heterocycles. The lowest BCUT2D eigenvalue weighted by Crippen LogP contribution is -2.57. The van der Waals surface area contributed by atoms with Crippen molar-refractivity contribution in [2.45, 2.75) is 69.6 Å². The molecular formula is C13H23NO. The van der Waals surface area contributed by atoms with Crippen LogP contribution in [0.25, 0.3) is 0 Å². The van der Waals surface area contributed by atoms with Gasteiger partial charge < -0.3 is 5.11 Å². The van der Waals surface area contributed by atoms with Crippen molar-refractivity contribution in [3.8, 4) is 0 Å². The summed E-state index contributed by atoms with van der Waals surface area (Å²) in [5.74, 6) is 0.996. The molecular weight excluding hydrogens is 186 g/mol. The maximum atomic E-state index is 10.2. The molecule has 0 radical (unpaired) electrons. The fourth-order valence-electron chi connectivity index (χ4n) is 3.65. The van der Waals surface area contributed by atoms with Crippen molar-refractivity contribution in [1.82, 2.24) is 4.90 Å². The van der Waals surface area contributed by atoms with Gasteiger partial charge in [0.25, 0.3) is 0 Å². The number of hydrogen-bond acceptors (Lipinski definition) is 2. The van der Waals surface area contributed by atoms with Crippen molar-refractivity contribution >= 4 is 0 Å². The quantitative estimate of drug-likeness (QED) is 0.753. The largest absolute Gasteiger partial charge is 0.390 e. The minimum absolute atomic E-state index is 0.379. The SMILES string of the molecule is CC1(O)C[C@H]2CCC[C@H](C1)N2CC1CC1. The van der Waals surface area contributed by atoms with Gasteiger partial charge >= 0.3 is 0 Å². The van der Waals surface area contributed by atoms with Crippen molar-refractivity contribution in [2.24, 2.45) is 5.92 Å². The van der Waals surface area contributed by atoms with E-state index < -0.39 is 0 Å². The summed E-state index contributed by atoms with van der Waals surface area (Å²) in [6, 6.07) is 1.38. The molecule has 1 aliphatic carbocycles. The Balaban J connectivity index is 1.72. The summed E-state index contributed by atoms with van der Waals surface area (Å²) in [4.78, 5) is 2.74. The van der Waals surface area contributed by atoms with Crippen LogP contribution in [-0.4, -0.2) is 34.2 Å². The summed E-state index contributed by atoms with van der Waals surface area (Å²) in [5.41, 5.74) is -0.379. The molecule has 2 heteroatoms. The third kappa shape index (κ3) is 2.07. The predicted molar refractivity (Wildman–Crippen MR) is 60.7 cm³/mol. The van der Waals surface area contributed by atoms with Crippen molar-refractivity contribution in [2.75, 3.05) is 6.54 Å². The van der Waals surface area contributed by atoms with E-state index in [-0.39, 0.29) is 5.60 Å². The van der Waals surface area contributed by atoms with E-state index in [1.165, 1.54) is 38.6 Å². The van der Waals surface area contributed by atoms with Gasteiger partial charge in [0.2, 0.25) is 0 Å². The Hall–Kier alpha value is -0.0800. The average Bonchev–Trinajstić information content (AvgIpc) is 2.90. The third-order valence-corrected chi connectivity index (χ3v) is 4.53. The highest BCUT2D eigenvalue weighted by atomic mass is 16.3. The fraction of sp³-hybridized carbons (Fsp3) is 1.00. The summed E-state index contributed by atoms with van der Waals surface area (Å²) < 4.78 is 0. The minimum atomic E-state index is -0.379. The van der Waals surface area contributed by atoms with E-state index in [9.17, 15) is 5.11 Å². The molecule has 2 saturated heterocycles. The lowest BCUT2D eigenvalue weighted by atomic mass is 9.76. The van der Waals surface area contributed by atoms with Crippen LogP contribution in [0.5, 0.6) is 0 Å². The van der Waals surface area contributed by atoms with Crippen molar-refractivity contribution in [1.29, 1.82) is 0 Å². The van der Waals surface area contributed by atoms with Crippen molar-refractivity contribution in [3.05, 3.63) is 0 Å². The monoisotopic (exact) mass is 209 g/mol. The van der Waals surface area contributed by atoms with Gasteiger partial charge in [-0.2, -0.15) is 0 Å². The van der Waals surface area contributed by atoms with E-state index >= 15 is 0 Å². The second kappa shape index (κ2) is 3.46. The van der Waals surface area contributed by atoms with Crippen LogP contribution in [0.2, 0.25) is 0 Å². The van der Waals surface area contributed by atoms with E-state index in [1.54, 1.807) is 0 Å². The minimum Gasteiger partial charge on any atom is -0.390 e. The van der Waals surface area contributed by atoms with Crippen LogP contribution in [0.4, 0.5) is 0 Å². The highest BCUT2D eigenvalue weighted by Crippen LogP contribution is 2.41. The molecule has 3 rings (SSSR count). The molecule has 0 aromatic carbocycles. The zero-order valence-corrected chi connectivity index (χ0v) is 9.78. The number of nitrogens with zero attached hydrogens (tertiary/aromatic N) is 1. The van der Waals surface area contributed by atoms with E-state index in [2.05, 4.69) is 4.90 Å².